The predicted molar refractivity (Wildman–Crippen MR) is 119 cm³/mol. The fraction of sp³-hybridized carbons (Fsp3) is 0.391. The summed E-state index contributed by atoms with van der Waals surface area (Å²) in [7, 11) is 0. The molecule has 3 heterocycles. The van der Waals surface area contributed by atoms with Gasteiger partial charge in [0.25, 0.3) is 0 Å². The van der Waals surface area contributed by atoms with Gasteiger partial charge in [-0.25, -0.2) is 19.7 Å². The SMILES string of the molecule is CC(=O)OC1[C@H](OC(C)=O)C(n2cnc3c(Cl)ncnc32)O[C@]12C[C@H]2COC(=O)c1ccccc1. The first-order valence-corrected chi connectivity index (χ1v) is 11.3. The lowest BCUT2D eigenvalue weighted by Gasteiger charge is -2.24. The largest absolute Gasteiger partial charge is 0.462 e. The van der Waals surface area contributed by atoms with Crippen LogP contribution in [0.1, 0.15) is 36.9 Å². The van der Waals surface area contributed by atoms with E-state index in [1.807, 2.05) is 0 Å². The fourth-order valence-corrected chi connectivity index (χ4v) is 4.70. The Bertz CT molecular complexity index is 1300. The number of esters is 3. The van der Waals surface area contributed by atoms with E-state index in [0.29, 0.717) is 23.1 Å². The molecule has 0 amide bonds. The highest BCUT2D eigenvalue weighted by Gasteiger charge is 2.72. The van der Waals surface area contributed by atoms with Gasteiger partial charge < -0.3 is 18.9 Å². The second kappa shape index (κ2) is 8.90. The number of hydrogen-bond acceptors (Lipinski definition) is 10. The van der Waals surface area contributed by atoms with E-state index in [1.165, 1.54) is 26.5 Å². The molecule has 1 aliphatic heterocycles. The van der Waals surface area contributed by atoms with Crippen molar-refractivity contribution >= 4 is 40.7 Å². The van der Waals surface area contributed by atoms with Gasteiger partial charge in [-0.2, -0.15) is 0 Å². The molecule has 0 N–H and O–H groups in total. The van der Waals surface area contributed by atoms with Crippen LogP contribution in [0.3, 0.4) is 0 Å². The Balaban J connectivity index is 1.44. The molecule has 12 heteroatoms. The molecule has 182 valence electrons. The van der Waals surface area contributed by atoms with Crippen LogP contribution in [0, 0.1) is 5.92 Å². The quantitative estimate of drug-likeness (QED) is 0.282. The summed E-state index contributed by atoms with van der Waals surface area (Å²) in [5.74, 6) is -1.92. The molecule has 2 aliphatic rings. The van der Waals surface area contributed by atoms with Crippen LogP contribution in [0.2, 0.25) is 5.15 Å². The van der Waals surface area contributed by atoms with E-state index in [4.69, 9.17) is 30.5 Å². The highest BCUT2D eigenvalue weighted by atomic mass is 35.5. The highest BCUT2D eigenvalue weighted by Crippen LogP contribution is 2.59. The van der Waals surface area contributed by atoms with Crippen molar-refractivity contribution in [3.05, 3.63) is 53.7 Å². The lowest BCUT2D eigenvalue weighted by molar-refractivity contribution is -0.166. The number of rotatable bonds is 6. The van der Waals surface area contributed by atoms with Crippen molar-refractivity contribution < 1.29 is 33.3 Å². The minimum absolute atomic E-state index is 0.0314. The maximum absolute atomic E-state index is 12.4. The first-order valence-electron chi connectivity index (χ1n) is 10.9. The van der Waals surface area contributed by atoms with Crippen molar-refractivity contribution in [2.75, 3.05) is 6.61 Å². The van der Waals surface area contributed by atoms with Crippen molar-refractivity contribution in [2.45, 2.75) is 44.3 Å². The number of fused-ring (bicyclic) bond motifs is 1. The number of carbonyl (C=O) groups excluding carboxylic acids is 3. The first kappa shape index (κ1) is 23.2. The summed E-state index contributed by atoms with van der Waals surface area (Å²) in [4.78, 5) is 48.8. The van der Waals surface area contributed by atoms with Crippen molar-refractivity contribution in [3.63, 3.8) is 0 Å². The summed E-state index contributed by atoms with van der Waals surface area (Å²) in [6, 6.07) is 8.60. The summed E-state index contributed by atoms with van der Waals surface area (Å²) in [6.07, 6.45) is 0.281. The van der Waals surface area contributed by atoms with Crippen molar-refractivity contribution in [3.8, 4) is 0 Å². The number of aromatic nitrogens is 4. The summed E-state index contributed by atoms with van der Waals surface area (Å²) in [6.45, 7) is 2.55. The van der Waals surface area contributed by atoms with Crippen molar-refractivity contribution in [1.82, 2.24) is 19.5 Å². The van der Waals surface area contributed by atoms with E-state index < -0.39 is 41.9 Å². The molecule has 2 fully saturated rings. The summed E-state index contributed by atoms with van der Waals surface area (Å²) in [5, 5.41) is 0.152. The molecular weight excluding hydrogens is 480 g/mol. The molecule has 1 saturated heterocycles. The number of nitrogens with zero attached hydrogens (tertiary/aromatic N) is 4. The van der Waals surface area contributed by atoms with Gasteiger partial charge in [0.1, 0.15) is 17.4 Å². The van der Waals surface area contributed by atoms with Gasteiger partial charge in [0.15, 0.2) is 29.2 Å². The number of benzene rings is 1. The molecule has 35 heavy (non-hydrogen) atoms. The molecule has 1 aromatic carbocycles. The first-order chi connectivity index (χ1) is 16.8. The molecule has 0 bridgehead atoms. The van der Waals surface area contributed by atoms with Crippen LogP contribution in [-0.4, -0.2) is 61.8 Å². The third-order valence-corrected chi connectivity index (χ3v) is 6.38. The number of carbonyl (C=O) groups is 3. The van der Waals surface area contributed by atoms with E-state index in [-0.39, 0.29) is 17.7 Å². The molecular formula is C23H21ClN4O7. The molecule has 1 spiro atoms. The van der Waals surface area contributed by atoms with Gasteiger partial charge in [0.05, 0.1) is 18.5 Å². The zero-order valence-electron chi connectivity index (χ0n) is 18.8. The Morgan fingerprint density at radius 3 is 2.57 bits per heavy atom. The van der Waals surface area contributed by atoms with E-state index in [2.05, 4.69) is 15.0 Å². The summed E-state index contributed by atoms with van der Waals surface area (Å²) >= 11 is 6.14. The normalized spacial score (nSPS) is 27.1. The third-order valence-electron chi connectivity index (χ3n) is 6.11. The van der Waals surface area contributed by atoms with Crippen molar-refractivity contribution in [2.24, 2.45) is 5.92 Å². The fourth-order valence-electron chi connectivity index (χ4n) is 4.52. The minimum atomic E-state index is -1.03. The van der Waals surface area contributed by atoms with Crippen LogP contribution in [0.15, 0.2) is 43.0 Å². The lowest BCUT2D eigenvalue weighted by Crippen LogP contribution is -2.41. The number of halogens is 1. The number of ether oxygens (including phenoxy) is 4. The van der Waals surface area contributed by atoms with Gasteiger partial charge >= 0.3 is 17.9 Å². The smallest absolute Gasteiger partial charge is 0.338 e. The summed E-state index contributed by atoms with van der Waals surface area (Å²) < 4.78 is 24.7. The molecule has 2 unspecified atom stereocenters. The van der Waals surface area contributed by atoms with Crippen LogP contribution in [-0.2, 0) is 28.5 Å². The molecule has 5 rings (SSSR count). The van der Waals surface area contributed by atoms with Crippen LogP contribution < -0.4 is 0 Å². The molecule has 1 aliphatic carbocycles. The molecule has 5 atom stereocenters. The Hall–Kier alpha value is -3.57. The zero-order valence-corrected chi connectivity index (χ0v) is 19.5. The topological polar surface area (TPSA) is 132 Å². The highest BCUT2D eigenvalue weighted by molar-refractivity contribution is 6.33. The Morgan fingerprint density at radius 1 is 1.11 bits per heavy atom. The average molecular weight is 501 g/mol. The second-order valence-corrected chi connectivity index (χ2v) is 8.78. The molecule has 1 saturated carbocycles. The van der Waals surface area contributed by atoms with Crippen molar-refractivity contribution in [1.29, 1.82) is 0 Å². The Labute approximate surface area is 204 Å². The Morgan fingerprint density at radius 2 is 1.86 bits per heavy atom. The maximum Gasteiger partial charge on any atom is 0.338 e. The predicted octanol–water partition coefficient (Wildman–Crippen LogP) is 2.49. The summed E-state index contributed by atoms with van der Waals surface area (Å²) in [5.41, 5.74) is 0.0936. The van der Waals surface area contributed by atoms with Gasteiger partial charge in [-0.05, 0) is 18.6 Å². The monoisotopic (exact) mass is 500 g/mol. The van der Waals surface area contributed by atoms with Crippen LogP contribution in [0.25, 0.3) is 11.2 Å². The third kappa shape index (κ3) is 4.21. The molecule has 11 nitrogen and oxygen atoms in total. The van der Waals surface area contributed by atoms with E-state index in [1.54, 1.807) is 34.9 Å². The van der Waals surface area contributed by atoms with E-state index >= 15 is 0 Å². The number of imidazole rings is 1. The average Bonchev–Trinajstić information content (AvgIpc) is 3.22. The second-order valence-electron chi connectivity index (χ2n) is 8.42. The zero-order chi connectivity index (χ0) is 24.7. The molecule has 3 aromatic rings. The van der Waals surface area contributed by atoms with E-state index in [9.17, 15) is 14.4 Å². The number of hydrogen-bond donors (Lipinski definition) is 0. The minimum Gasteiger partial charge on any atom is -0.462 e. The van der Waals surface area contributed by atoms with Gasteiger partial charge in [0, 0.05) is 19.8 Å². The van der Waals surface area contributed by atoms with Gasteiger partial charge in [-0.15, -0.1) is 0 Å². The van der Waals surface area contributed by atoms with Gasteiger partial charge in [-0.3, -0.25) is 14.2 Å². The van der Waals surface area contributed by atoms with Gasteiger partial charge in [-0.1, -0.05) is 29.8 Å². The molecule has 0 radical (unpaired) electrons. The maximum atomic E-state index is 12.4. The molecule has 2 aromatic heterocycles. The van der Waals surface area contributed by atoms with E-state index in [0.717, 1.165) is 0 Å². The van der Waals surface area contributed by atoms with Crippen LogP contribution in [0.4, 0.5) is 0 Å². The standard InChI is InChI=1S/C23H21ClN4O7/c1-12(29)33-17-18(34-13(2)30)23(8-15(23)9-32-22(31)14-6-4-3-5-7-14)35-21(17)28-11-27-16-19(24)25-10-26-20(16)28/h3-7,10-11,15,17-18,21H,8-9H2,1-2H3/t15-,17-,18?,21?,23-/m0/s1. The Kier molecular flexibility index (Phi) is 5.89. The van der Waals surface area contributed by atoms with Crippen LogP contribution in [0.5, 0.6) is 0 Å². The van der Waals surface area contributed by atoms with Gasteiger partial charge in [0.2, 0.25) is 0 Å². The van der Waals surface area contributed by atoms with Crippen LogP contribution >= 0.6 is 11.6 Å². The lowest BCUT2D eigenvalue weighted by atomic mass is 10.1.